The highest BCUT2D eigenvalue weighted by Crippen LogP contribution is 2.59. The zero-order valence-electron chi connectivity index (χ0n) is 27.2. The van der Waals surface area contributed by atoms with Gasteiger partial charge in [-0.3, -0.25) is 0 Å². The highest BCUT2D eigenvalue weighted by Gasteiger charge is 2.48. The SMILES string of the molecule is C=C1CC[C@H](O)[C@@](C)(CCC=C(C)C)[C@@H]1CCC1(C)CCCC2=C1CC[C@H](C)[C@@]2(C)Cc1cc(OS(=O)(=O)[O-])ccc1O. The van der Waals surface area contributed by atoms with Gasteiger partial charge in [0.25, 0.3) is 10.4 Å². The van der Waals surface area contributed by atoms with Gasteiger partial charge in [-0.1, -0.05) is 62.6 Å². The smallest absolute Gasteiger partial charge is 0.262 e. The van der Waals surface area contributed by atoms with Crippen LogP contribution in [0.3, 0.4) is 0 Å². The minimum absolute atomic E-state index is 0.0577. The Hall–Kier alpha value is -2.09. The summed E-state index contributed by atoms with van der Waals surface area (Å²) in [5, 5.41) is 22.0. The van der Waals surface area contributed by atoms with Crippen LogP contribution in [-0.2, 0) is 16.8 Å². The molecule has 4 rings (SSSR count). The Morgan fingerprint density at radius 1 is 1.12 bits per heavy atom. The Morgan fingerprint density at radius 3 is 2.51 bits per heavy atom. The molecule has 1 fully saturated rings. The van der Waals surface area contributed by atoms with Crippen molar-refractivity contribution >= 4 is 10.4 Å². The summed E-state index contributed by atoms with van der Waals surface area (Å²) in [6, 6.07) is 4.22. The molecule has 1 unspecified atom stereocenters. The maximum absolute atomic E-state index is 11.3. The molecular weight excluding hydrogens is 560 g/mol. The lowest BCUT2D eigenvalue weighted by molar-refractivity contribution is -0.0306. The summed E-state index contributed by atoms with van der Waals surface area (Å²) >= 11 is 0. The molecule has 0 aromatic heterocycles. The minimum Gasteiger partial charge on any atom is -0.716 e. The second kappa shape index (κ2) is 12.7. The van der Waals surface area contributed by atoms with E-state index in [-0.39, 0.29) is 39.8 Å². The first-order valence-corrected chi connectivity index (χ1v) is 17.5. The van der Waals surface area contributed by atoms with Crippen LogP contribution >= 0.6 is 0 Å². The molecular formula is C36H53O6S-. The highest BCUT2D eigenvalue weighted by molar-refractivity contribution is 7.81. The van der Waals surface area contributed by atoms with Gasteiger partial charge in [0, 0.05) is 5.41 Å². The van der Waals surface area contributed by atoms with E-state index in [0.29, 0.717) is 17.9 Å². The average Bonchev–Trinajstić information content (AvgIpc) is 2.90. The van der Waals surface area contributed by atoms with Crippen LogP contribution in [0.25, 0.3) is 0 Å². The van der Waals surface area contributed by atoms with Crippen molar-refractivity contribution in [2.45, 2.75) is 125 Å². The van der Waals surface area contributed by atoms with E-state index in [1.54, 1.807) is 5.57 Å². The molecule has 0 spiro atoms. The fourth-order valence-corrected chi connectivity index (χ4v) is 9.08. The Bertz CT molecular complexity index is 1370. The molecule has 3 aliphatic carbocycles. The molecule has 0 amide bonds. The number of hydrogen-bond acceptors (Lipinski definition) is 6. The van der Waals surface area contributed by atoms with Gasteiger partial charge in [0.1, 0.15) is 11.5 Å². The van der Waals surface area contributed by atoms with Crippen LogP contribution in [0.4, 0.5) is 0 Å². The lowest BCUT2D eigenvalue weighted by Gasteiger charge is -2.52. The molecule has 240 valence electrons. The number of rotatable bonds is 10. The van der Waals surface area contributed by atoms with Gasteiger partial charge >= 0.3 is 0 Å². The van der Waals surface area contributed by atoms with Crippen LogP contribution in [0.2, 0.25) is 0 Å². The highest BCUT2D eigenvalue weighted by atomic mass is 32.3. The molecule has 0 heterocycles. The Balaban J connectivity index is 1.62. The molecule has 0 aliphatic heterocycles. The summed E-state index contributed by atoms with van der Waals surface area (Å²) in [5.74, 6) is 0.667. The first-order chi connectivity index (χ1) is 20.0. The largest absolute Gasteiger partial charge is 0.716 e. The number of benzene rings is 1. The number of hydrogen-bond donors (Lipinski definition) is 2. The summed E-state index contributed by atoms with van der Waals surface area (Å²) in [4.78, 5) is 0. The standard InChI is InChI=1S/C36H54O6S/c1-24(2)10-8-20-35(6)29(25(3)12-17-33(35)38)18-21-34(5)19-9-11-31-30(34)15-13-26(4)36(31,7)23-27-22-28(14-16-32(27)37)42-43(39,40)41/h10,14,16,22,26,29,33,37-38H,3,8-9,11-13,15,17-21,23H2,1-2,4-7H3,(H,39,40,41)/p-1/t26-,29+,33-,34?,35-,36+/m0/s1. The maximum atomic E-state index is 11.3. The fourth-order valence-electron chi connectivity index (χ4n) is 8.74. The number of aliphatic hydroxyl groups excluding tert-OH is 1. The van der Waals surface area contributed by atoms with E-state index in [2.05, 4.69) is 58.4 Å². The predicted octanol–water partition coefficient (Wildman–Crippen LogP) is 8.56. The third kappa shape index (κ3) is 7.26. The quantitative estimate of drug-likeness (QED) is 0.156. The molecule has 3 aliphatic rings. The summed E-state index contributed by atoms with van der Waals surface area (Å²) in [7, 11) is -4.91. The number of aromatic hydroxyl groups is 1. The Morgan fingerprint density at radius 2 is 1.84 bits per heavy atom. The number of phenols is 1. The zero-order chi connectivity index (χ0) is 31.8. The lowest BCUT2D eigenvalue weighted by Crippen LogP contribution is -2.44. The number of aliphatic hydroxyl groups is 1. The normalized spacial score (nSPS) is 33.2. The predicted molar refractivity (Wildman–Crippen MR) is 172 cm³/mol. The van der Waals surface area contributed by atoms with Crippen LogP contribution in [0.5, 0.6) is 11.5 Å². The van der Waals surface area contributed by atoms with Crippen LogP contribution in [-0.4, -0.2) is 29.3 Å². The van der Waals surface area contributed by atoms with Gasteiger partial charge in [0.05, 0.1) is 6.10 Å². The summed E-state index contributed by atoms with van der Waals surface area (Å²) in [6.07, 6.45) is 13.6. The van der Waals surface area contributed by atoms with Crippen molar-refractivity contribution < 1.29 is 27.4 Å². The van der Waals surface area contributed by atoms with Gasteiger partial charge in [-0.25, -0.2) is 8.42 Å². The Kier molecular flexibility index (Phi) is 10.0. The summed E-state index contributed by atoms with van der Waals surface area (Å²) in [5.41, 5.74) is 5.90. The van der Waals surface area contributed by atoms with Crippen molar-refractivity contribution in [1.82, 2.24) is 0 Å². The molecule has 43 heavy (non-hydrogen) atoms. The van der Waals surface area contributed by atoms with Gasteiger partial charge in [-0.15, -0.1) is 0 Å². The van der Waals surface area contributed by atoms with Crippen molar-refractivity contribution in [2.75, 3.05) is 0 Å². The van der Waals surface area contributed by atoms with E-state index in [4.69, 9.17) is 0 Å². The van der Waals surface area contributed by atoms with Crippen LogP contribution < -0.4 is 4.18 Å². The summed E-state index contributed by atoms with van der Waals surface area (Å²) < 4.78 is 38.3. The molecule has 1 aromatic carbocycles. The molecule has 7 heteroatoms. The molecule has 6 atom stereocenters. The maximum Gasteiger partial charge on any atom is 0.262 e. The van der Waals surface area contributed by atoms with Crippen molar-refractivity contribution in [1.29, 1.82) is 0 Å². The van der Waals surface area contributed by atoms with Crippen molar-refractivity contribution in [3.05, 3.63) is 58.7 Å². The van der Waals surface area contributed by atoms with Crippen molar-refractivity contribution in [2.24, 2.45) is 28.1 Å². The molecule has 1 aromatic rings. The van der Waals surface area contributed by atoms with E-state index in [1.807, 2.05) is 0 Å². The van der Waals surface area contributed by atoms with E-state index < -0.39 is 10.4 Å². The molecule has 6 nitrogen and oxygen atoms in total. The van der Waals surface area contributed by atoms with E-state index in [0.717, 1.165) is 70.6 Å². The molecule has 1 saturated carbocycles. The zero-order valence-corrected chi connectivity index (χ0v) is 28.0. The van der Waals surface area contributed by atoms with E-state index in [1.165, 1.54) is 34.9 Å². The first-order valence-electron chi connectivity index (χ1n) is 16.2. The average molecular weight is 614 g/mol. The molecule has 2 N–H and O–H groups in total. The fraction of sp³-hybridized carbons (Fsp3) is 0.667. The molecule has 0 radical (unpaired) electrons. The van der Waals surface area contributed by atoms with E-state index >= 15 is 0 Å². The summed E-state index contributed by atoms with van der Waals surface area (Å²) in [6.45, 7) is 18.1. The first kappa shape index (κ1) is 33.8. The van der Waals surface area contributed by atoms with E-state index in [9.17, 15) is 23.2 Å². The van der Waals surface area contributed by atoms with Gasteiger partial charge in [0.2, 0.25) is 0 Å². The third-order valence-electron chi connectivity index (χ3n) is 11.7. The third-order valence-corrected chi connectivity index (χ3v) is 12.1. The van der Waals surface area contributed by atoms with Crippen LogP contribution in [0.1, 0.15) is 118 Å². The number of phenolic OH excluding ortho intramolecular Hbond substituents is 1. The molecule has 0 bridgehead atoms. The lowest BCUT2D eigenvalue weighted by atomic mass is 9.53. The van der Waals surface area contributed by atoms with Gasteiger partial charge in [-0.2, -0.15) is 0 Å². The number of allylic oxidation sites excluding steroid dienone is 5. The van der Waals surface area contributed by atoms with Crippen molar-refractivity contribution in [3.63, 3.8) is 0 Å². The monoisotopic (exact) mass is 613 g/mol. The van der Waals surface area contributed by atoms with Gasteiger partial charge in [-0.05, 0) is 137 Å². The van der Waals surface area contributed by atoms with Gasteiger partial charge in [0.15, 0.2) is 0 Å². The second-order valence-corrected chi connectivity index (χ2v) is 15.8. The van der Waals surface area contributed by atoms with Crippen LogP contribution in [0, 0.1) is 28.1 Å². The second-order valence-electron chi connectivity index (χ2n) is 14.8. The minimum atomic E-state index is -4.91. The van der Waals surface area contributed by atoms with Gasteiger partial charge < -0.3 is 18.9 Å². The van der Waals surface area contributed by atoms with Crippen LogP contribution in [0.15, 0.2) is 53.1 Å². The topological polar surface area (TPSA) is 107 Å². The van der Waals surface area contributed by atoms with Crippen molar-refractivity contribution in [3.8, 4) is 11.5 Å². The molecule has 0 saturated heterocycles. The Labute approximate surface area is 260 Å².